The molecule has 0 aliphatic carbocycles. The van der Waals surface area contributed by atoms with Gasteiger partial charge in [0, 0.05) is 0 Å². The number of nitrogens with zero attached hydrogens (tertiary/aromatic N) is 1. The smallest absolute Gasteiger partial charge is 0.398 e. The number of thiazole rings is 1. The van der Waals surface area contributed by atoms with E-state index in [0.717, 1.165) is 0 Å². The number of carbonyl (C=O) groups excluding carboxylic acids is 1. The average molecular weight is 254 g/mol. The molecule has 1 aromatic heterocycles. The molecule has 0 spiro atoms. The lowest BCUT2D eigenvalue weighted by Gasteiger charge is -2.32. The minimum absolute atomic E-state index is 0.407. The van der Waals surface area contributed by atoms with Gasteiger partial charge in [-0.3, -0.25) is 9.78 Å². The predicted molar refractivity (Wildman–Crippen MR) is 66.3 cm³/mol. The molecule has 0 atom stereocenters. The van der Waals surface area contributed by atoms with Crippen molar-refractivity contribution in [2.24, 2.45) is 5.73 Å². The maximum atomic E-state index is 11.0. The molecule has 1 saturated heterocycles. The van der Waals surface area contributed by atoms with Gasteiger partial charge < -0.3 is 15.0 Å². The third-order valence-electron chi connectivity index (χ3n) is 3.22. The normalized spacial score (nSPS) is 21.8. The summed E-state index contributed by atoms with van der Waals surface area (Å²) in [5, 5.41) is 0. The fourth-order valence-corrected chi connectivity index (χ4v) is 2.18. The Bertz CT molecular complexity index is 442. The van der Waals surface area contributed by atoms with E-state index in [1.165, 1.54) is 17.5 Å². The lowest BCUT2D eigenvalue weighted by atomic mass is 9.90. The van der Waals surface area contributed by atoms with Crippen LogP contribution in [0.4, 0.5) is 0 Å². The average Bonchev–Trinajstić information content (AvgIpc) is 2.70. The summed E-state index contributed by atoms with van der Waals surface area (Å²) in [6, 6.07) is 0. The van der Waals surface area contributed by atoms with Crippen LogP contribution in [0.1, 0.15) is 37.4 Å². The lowest BCUT2D eigenvalue weighted by molar-refractivity contribution is 0.00578. The molecule has 92 valence electrons. The molecule has 0 unspecified atom stereocenters. The van der Waals surface area contributed by atoms with Gasteiger partial charge in [0.05, 0.1) is 17.4 Å². The van der Waals surface area contributed by atoms with Crippen LogP contribution in [0, 0.1) is 0 Å². The van der Waals surface area contributed by atoms with Crippen molar-refractivity contribution >= 4 is 29.3 Å². The topological polar surface area (TPSA) is 74.4 Å². The Morgan fingerprint density at radius 1 is 1.35 bits per heavy atom. The third kappa shape index (κ3) is 2.10. The van der Waals surface area contributed by atoms with Crippen LogP contribution < -0.4 is 10.6 Å². The Balaban J connectivity index is 2.23. The summed E-state index contributed by atoms with van der Waals surface area (Å²) in [4.78, 5) is 16.1. The molecular weight excluding hydrogens is 239 g/mol. The zero-order valence-corrected chi connectivity index (χ0v) is 11.1. The van der Waals surface area contributed by atoms with Gasteiger partial charge in [0.25, 0.3) is 5.91 Å². The first-order valence-corrected chi connectivity index (χ1v) is 6.16. The van der Waals surface area contributed by atoms with Crippen LogP contribution in [-0.2, 0) is 9.31 Å². The van der Waals surface area contributed by atoms with Crippen LogP contribution in [0.15, 0.2) is 6.20 Å². The van der Waals surface area contributed by atoms with Gasteiger partial charge in [0.1, 0.15) is 9.78 Å². The highest BCUT2D eigenvalue weighted by molar-refractivity contribution is 7.23. The van der Waals surface area contributed by atoms with E-state index >= 15 is 0 Å². The summed E-state index contributed by atoms with van der Waals surface area (Å²) in [5.41, 5.74) is 4.37. The summed E-state index contributed by atoms with van der Waals surface area (Å²) < 4.78 is 11.6. The van der Waals surface area contributed by atoms with Crippen molar-refractivity contribution in [3.63, 3.8) is 0 Å². The Labute approximate surface area is 104 Å². The predicted octanol–water partition coefficient (Wildman–Crippen LogP) is 0.541. The molecule has 0 saturated carbocycles. The van der Waals surface area contributed by atoms with Crippen molar-refractivity contribution in [2.45, 2.75) is 38.9 Å². The molecule has 1 aliphatic rings. The Kier molecular flexibility index (Phi) is 2.80. The van der Waals surface area contributed by atoms with E-state index in [4.69, 9.17) is 15.0 Å². The molecule has 5 nitrogen and oxygen atoms in total. The second-order valence-electron chi connectivity index (χ2n) is 5.02. The molecule has 2 rings (SSSR count). The Morgan fingerprint density at radius 3 is 2.29 bits per heavy atom. The van der Waals surface area contributed by atoms with E-state index in [1.807, 2.05) is 27.7 Å². The molecule has 2 N–H and O–H groups in total. The Hall–Kier alpha value is -0.915. The zero-order valence-electron chi connectivity index (χ0n) is 10.3. The summed E-state index contributed by atoms with van der Waals surface area (Å²) in [7, 11) is -0.530. The van der Waals surface area contributed by atoms with E-state index in [1.54, 1.807) is 0 Å². The van der Waals surface area contributed by atoms with E-state index in [-0.39, 0.29) is 0 Å². The second-order valence-corrected chi connectivity index (χ2v) is 6.08. The lowest BCUT2D eigenvalue weighted by Crippen LogP contribution is -2.41. The summed E-state index contributed by atoms with van der Waals surface area (Å²) in [6.45, 7) is 7.87. The molecule has 1 aromatic rings. The molecular formula is C10H15BN2O3S. The fourth-order valence-electron chi connectivity index (χ4n) is 1.45. The number of amides is 1. The maximum Gasteiger partial charge on any atom is 0.525 e. The largest absolute Gasteiger partial charge is 0.525 e. The number of carbonyl (C=O) groups is 1. The minimum Gasteiger partial charge on any atom is -0.398 e. The van der Waals surface area contributed by atoms with Gasteiger partial charge in [-0.25, -0.2) is 0 Å². The van der Waals surface area contributed by atoms with Crippen LogP contribution in [0.25, 0.3) is 0 Å². The van der Waals surface area contributed by atoms with Crippen LogP contribution in [0.2, 0.25) is 0 Å². The monoisotopic (exact) mass is 254 g/mol. The van der Waals surface area contributed by atoms with Crippen molar-refractivity contribution < 1.29 is 14.1 Å². The molecule has 1 fully saturated rings. The molecule has 0 aromatic carbocycles. The van der Waals surface area contributed by atoms with Crippen LogP contribution >= 0.6 is 11.3 Å². The standard InChI is InChI=1S/C10H15BN2O3S/c1-9(2)10(3,4)16-11(15-9)8-13-5-6(17-8)7(12)14/h5H,1-4H3,(H2,12,14). The highest BCUT2D eigenvalue weighted by atomic mass is 32.1. The summed E-state index contributed by atoms with van der Waals surface area (Å²) >= 11 is 1.20. The van der Waals surface area contributed by atoms with Gasteiger partial charge >= 0.3 is 7.12 Å². The molecule has 7 heteroatoms. The van der Waals surface area contributed by atoms with Crippen LogP contribution in [-0.4, -0.2) is 29.2 Å². The van der Waals surface area contributed by atoms with E-state index < -0.39 is 24.2 Å². The summed E-state index contributed by atoms with van der Waals surface area (Å²) in [6.07, 6.45) is 1.45. The SMILES string of the molecule is CC1(C)OB(c2ncc(C(N)=O)s2)OC1(C)C. The minimum atomic E-state index is -0.530. The molecule has 2 heterocycles. The number of hydrogen-bond acceptors (Lipinski definition) is 5. The van der Waals surface area contributed by atoms with Gasteiger partial charge in [0.15, 0.2) is 0 Å². The van der Waals surface area contributed by atoms with Gasteiger partial charge in [-0.2, -0.15) is 0 Å². The van der Waals surface area contributed by atoms with E-state index in [0.29, 0.717) is 9.78 Å². The third-order valence-corrected chi connectivity index (χ3v) is 4.25. The fraction of sp³-hybridized carbons (Fsp3) is 0.600. The first kappa shape index (κ1) is 12.5. The maximum absolute atomic E-state index is 11.0. The number of aromatic nitrogens is 1. The van der Waals surface area contributed by atoms with Crippen molar-refractivity contribution in [3.8, 4) is 0 Å². The van der Waals surface area contributed by atoms with Crippen LogP contribution in [0.3, 0.4) is 0 Å². The first-order valence-electron chi connectivity index (χ1n) is 5.34. The highest BCUT2D eigenvalue weighted by Gasteiger charge is 2.52. The molecule has 1 amide bonds. The van der Waals surface area contributed by atoms with Crippen molar-refractivity contribution in [3.05, 3.63) is 11.1 Å². The Morgan fingerprint density at radius 2 is 1.88 bits per heavy atom. The molecule has 17 heavy (non-hydrogen) atoms. The number of nitrogens with two attached hydrogens (primary N) is 1. The molecule has 0 bridgehead atoms. The number of rotatable bonds is 2. The zero-order chi connectivity index (χ0) is 12.8. The molecule has 0 radical (unpaired) electrons. The first-order chi connectivity index (χ1) is 7.73. The van der Waals surface area contributed by atoms with Gasteiger partial charge in [-0.1, -0.05) is 0 Å². The second kappa shape index (κ2) is 3.79. The number of hydrogen-bond donors (Lipinski definition) is 1. The van der Waals surface area contributed by atoms with E-state index in [9.17, 15) is 4.79 Å². The number of primary amides is 1. The van der Waals surface area contributed by atoms with Gasteiger partial charge in [0.2, 0.25) is 0 Å². The van der Waals surface area contributed by atoms with Gasteiger partial charge in [-0.15, -0.1) is 11.3 Å². The van der Waals surface area contributed by atoms with Crippen LogP contribution in [0.5, 0.6) is 0 Å². The van der Waals surface area contributed by atoms with Crippen molar-refractivity contribution in [2.75, 3.05) is 0 Å². The van der Waals surface area contributed by atoms with E-state index in [2.05, 4.69) is 4.98 Å². The summed E-state index contributed by atoms with van der Waals surface area (Å²) in [5.74, 6) is -0.481. The van der Waals surface area contributed by atoms with Crippen molar-refractivity contribution in [1.82, 2.24) is 4.98 Å². The highest BCUT2D eigenvalue weighted by Crippen LogP contribution is 2.36. The van der Waals surface area contributed by atoms with Crippen molar-refractivity contribution in [1.29, 1.82) is 0 Å². The quantitative estimate of drug-likeness (QED) is 0.781. The van der Waals surface area contributed by atoms with Gasteiger partial charge in [-0.05, 0) is 27.7 Å². The molecule has 1 aliphatic heterocycles.